The Kier molecular flexibility index (Phi) is 4.85. The zero-order chi connectivity index (χ0) is 19.0. The molecule has 1 N–H and O–H groups in total. The fourth-order valence-electron chi connectivity index (χ4n) is 4.00. The first kappa shape index (κ1) is 17.9. The molecular weight excluding hydrogens is 344 g/mol. The van der Waals surface area contributed by atoms with Gasteiger partial charge in [-0.3, -0.25) is 4.79 Å². The van der Waals surface area contributed by atoms with Crippen molar-refractivity contribution in [2.45, 2.75) is 70.4 Å². The van der Waals surface area contributed by atoms with E-state index >= 15 is 0 Å². The van der Waals surface area contributed by atoms with Crippen molar-refractivity contribution < 1.29 is 14.3 Å². The molecule has 144 valence electrons. The first-order valence-electron chi connectivity index (χ1n) is 9.82. The van der Waals surface area contributed by atoms with E-state index in [1.807, 2.05) is 6.92 Å². The number of fused-ring (bicyclic) bond motifs is 1. The van der Waals surface area contributed by atoms with Crippen LogP contribution in [0.4, 0.5) is 0 Å². The van der Waals surface area contributed by atoms with Gasteiger partial charge in [-0.05, 0) is 38.7 Å². The Bertz CT molecular complexity index is 879. The van der Waals surface area contributed by atoms with Gasteiger partial charge in [-0.25, -0.2) is 14.5 Å². The second kappa shape index (κ2) is 7.29. The number of carbonyl (C=O) groups excluding carboxylic acids is 2. The molecule has 0 saturated heterocycles. The molecule has 0 aliphatic heterocycles. The number of rotatable bonds is 5. The van der Waals surface area contributed by atoms with E-state index in [2.05, 4.69) is 15.4 Å². The van der Waals surface area contributed by atoms with Gasteiger partial charge in [0.15, 0.2) is 5.65 Å². The van der Waals surface area contributed by atoms with Crippen LogP contribution in [0, 0.1) is 6.92 Å². The third-order valence-electron chi connectivity index (χ3n) is 5.49. The molecule has 2 fully saturated rings. The van der Waals surface area contributed by atoms with Crippen molar-refractivity contribution in [1.29, 1.82) is 0 Å². The predicted octanol–water partition coefficient (Wildman–Crippen LogP) is 2.85. The van der Waals surface area contributed by atoms with Crippen LogP contribution in [-0.4, -0.2) is 39.8 Å². The Labute approximate surface area is 158 Å². The van der Waals surface area contributed by atoms with Crippen LogP contribution in [0.5, 0.6) is 0 Å². The van der Waals surface area contributed by atoms with E-state index in [1.165, 1.54) is 26.4 Å². The van der Waals surface area contributed by atoms with Gasteiger partial charge in [-0.1, -0.05) is 19.3 Å². The summed E-state index contributed by atoms with van der Waals surface area (Å²) in [5.74, 6) is -0.0988. The molecule has 7 heteroatoms. The van der Waals surface area contributed by atoms with Crippen molar-refractivity contribution in [2.75, 3.05) is 7.11 Å². The number of amides is 1. The number of esters is 1. The van der Waals surface area contributed by atoms with Crippen molar-refractivity contribution in [2.24, 2.45) is 0 Å². The van der Waals surface area contributed by atoms with Crippen LogP contribution in [0.3, 0.4) is 0 Å². The van der Waals surface area contributed by atoms with E-state index in [-0.39, 0.29) is 18.5 Å². The Hall–Kier alpha value is -2.44. The Morgan fingerprint density at radius 2 is 1.96 bits per heavy atom. The molecule has 1 amide bonds. The second-order valence-electron chi connectivity index (χ2n) is 7.72. The number of nitrogens with one attached hydrogen (secondary N) is 1. The molecule has 2 aliphatic carbocycles. The van der Waals surface area contributed by atoms with Crippen LogP contribution in [0.25, 0.3) is 11.0 Å². The lowest BCUT2D eigenvalue weighted by Crippen LogP contribution is -2.38. The van der Waals surface area contributed by atoms with E-state index < -0.39 is 5.97 Å². The van der Waals surface area contributed by atoms with Crippen LogP contribution < -0.4 is 5.32 Å². The summed E-state index contributed by atoms with van der Waals surface area (Å²) in [5, 5.41) is 8.56. The molecule has 0 unspecified atom stereocenters. The number of hydrogen-bond acceptors (Lipinski definition) is 5. The summed E-state index contributed by atoms with van der Waals surface area (Å²) >= 11 is 0. The molecule has 0 atom stereocenters. The van der Waals surface area contributed by atoms with Crippen LogP contribution >= 0.6 is 0 Å². The minimum Gasteiger partial charge on any atom is -0.465 e. The summed E-state index contributed by atoms with van der Waals surface area (Å²) in [4.78, 5) is 29.5. The number of aromatic nitrogens is 3. The Morgan fingerprint density at radius 3 is 2.63 bits per heavy atom. The van der Waals surface area contributed by atoms with Crippen molar-refractivity contribution >= 4 is 22.9 Å². The lowest BCUT2D eigenvalue weighted by molar-refractivity contribution is -0.122. The molecule has 2 aliphatic rings. The highest BCUT2D eigenvalue weighted by atomic mass is 16.5. The molecule has 7 nitrogen and oxygen atoms in total. The fraction of sp³-hybridized carbons (Fsp3) is 0.600. The summed E-state index contributed by atoms with van der Waals surface area (Å²) in [6.45, 7) is 1.96. The second-order valence-corrected chi connectivity index (χ2v) is 7.72. The largest absolute Gasteiger partial charge is 0.465 e. The van der Waals surface area contributed by atoms with E-state index in [4.69, 9.17) is 4.74 Å². The maximum Gasteiger partial charge on any atom is 0.338 e. The Balaban J connectivity index is 1.67. The van der Waals surface area contributed by atoms with Gasteiger partial charge in [-0.15, -0.1) is 0 Å². The minimum atomic E-state index is -0.390. The van der Waals surface area contributed by atoms with Crippen molar-refractivity contribution in [3.63, 3.8) is 0 Å². The first-order valence-corrected chi connectivity index (χ1v) is 9.82. The molecule has 2 heterocycles. The normalized spacial score (nSPS) is 17.9. The van der Waals surface area contributed by atoms with Crippen molar-refractivity contribution in [3.05, 3.63) is 23.0 Å². The lowest BCUT2D eigenvalue weighted by atomic mass is 9.95. The molecule has 2 aromatic rings. The van der Waals surface area contributed by atoms with Crippen LogP contribution in [-0.2, 0) is 16.1 Å². The molecule has 0 radical (unpaired) electrons. The van der Waals surface area contributed by atoms with E-state index in [9.17, 15) is 9.59 Å². The van der Waals surface area contributed by atoms with Crippen molar-refractivity contribution in [1.82, 2.24) is 20.1 Å². The lowest BCUT2D eigenvalue weighted by Gasteiger charge is -2.22. The Morgan fingerprint density at radius 1 is 1.22 bits per heavy atom. The number of nitrogens with zero attached hydrogens (tertiary/aromatic N) is 3. The van der Waals surface area contributed by atoms with Gasteiger partial charge in [0.25, 0.3) is 0 Å². The fourth-order valence-corrected chi connectivity index (χ4v) is 4.00. The number of hydrogen-bond donors (Lipinski definition) is 1. The molecule has 2 aromatic heterocycles. The number of ether oxygens (including phenoxy) is 1. The highest BCUT2D eigenvalue weighted by Crippen LogP contribution is 2.43. The average Bonchev–Trinajstić information content (AvgIpc) is 3.45. The zero-order valence-electron chi connectivity index (χ0n) is 16.0. The summed E-state index contributed by atoms with van der Waals surface area (Å²) in [6.07, 6.45) is 7.78. The van der Waals surface area contributed by atoms with E-state index in [1.54, 1.807) is 10.7 Å². The van der Waals surface area contributed by atoms with Gasteiger partial charge in [0.2, 0.25) is 5.91 Å². The molecule has 0 bridgehead atoms. The molecule has 0 spiro atoms. The highest BCUT2D eigenvalue weighted by Gasteiger charge is 2.32. The standard InChI is InChI=1S/C20H26N4O3/c1-12-10-15(20(26)27-2)17-18(13-8-9-13)23-24(19(17)21-12)11-16(25)22-14-6-4-3-5-7-14/h10,13-14H,3-9,11H2,1-2H3,(H,22,25). The topological polar surface area (TPSA) is 86.1 Å². The smallest absolute Gasteiger partial charge is 0.338 e. The van der Waals surface area contributed by atoms with E-state index in [0.717, 1.165) is 36.8 Å². The monoisotopic (exact) mass is 370 g/mol. The number of carbonyl (C=O) groups is 2. The number of methoxy groups -OCH3 is 1. The van der Waals surface area contributed by atoms with Gasteiger partial charge in [0.05, 0.1) is 23.8 Å². The number of pyridine rings is 1. The summed E-state index contributed by atoms with van der Waals surface area (Å²) in [5.41, 5.74) is 2.65. The molecule has 27 heavy (non-hydrogen) atoms. The van der Waals surface area contributed by atoms with Gasteiger partial charge in [0.1, 0.15) is 6.54 Å². The van der Waals surface area contributed by atoms with Crippen molar-refractivity contribution in [3.8, 4) is 0 Å². The molecule has 2 saturated carbocycles. The van der Waals surface area contributed by atoms with Crippen LogP contribution in [0.2, 0.25) is 0 Å². The first-order chi connectivity index (χ1) is 13.1. The summed E-state index contributed by atoms with van der Waals surface area (Å²) in [6, 6.07) is 2.00. The van der Waals surface area contributed by atoms with Gasteiger partial charge in [0, 0.05) is 17.7 Å². The third-order valence-corrected chi connectivity index (χ3v) is 5.49. The SMILES string of the molecule is COC(=O)c1cc(C)nc2c1c(C1CC1)nn2CC(=O)NC1CCCCC1. The molecule has 0 aromatic carbocycles. The highest BCUT2D eigenvalue weighted by molar-refractivity contribution is 6.04. The van der Waals surface area contributed by atoms with E-state index in [0.29, 0.717) is 22.8 Å². The van der Waals surface area contributed by atoms with Crippen LogP contribution in [0.1, 0.15) is 72.6 Å². The van der Waals surface area contributed by atoms with Gasteiger partial charge >= 0.3 is 5.97 Å². The summed E-state index contributed by atoms with van der Waals surface area (Å²) in [7, 11) is 1.38. The molecule has 4 rings (SSSR count). The predicted molar refractivity (Wildman–Crippen MR) is 101 cm³/mol. The maximum atomic E-state index is 12.6. The van der Waals surface area contributed by atoms with Crippen LogP contribution in [0.15, 0.2) is 6.07 Å². The zero-order valence-corrected chi connectivity index (χ0v) is 16.0. The minimum absolute atomic E-state index is 0.0448. The van der Waals surface area contributed by atoms with Gasteiger partial charge in [-0.2, -0.15) is 5.10 Å². The number of aryl methyl sites for hydroxylation is 1. The summed E-state index contributed by atoms with van der Waals surface area (Å²) < 4.78 is 6.62. The maximum absolute atomic E-state index is 12.6. The average molecular weight is 370 g/mol. The third kappa shape index (κ3) is 3.68. The molecular formula is C20H26N4O3. The van der Waals surface area contributed by atoms with Gasteiger partial charge < -0.3 is 10.1 Å². The quantitative estimate of drug-likeness (QED) is 0.818.